The zero-order valence-corrected chi connectivity index (χ0v) is 24.6. The Bertz CT molecular complexity index is 1750. The van der Waals surface area contributed by atoms with E-state index in [0.717, 1.165) is 6.07 Å². The topological polar surface area (TPSA) is 47.9 Å². The van der Waals surface area contributed by atoms with Crippen LogP contribution in [0.25, 0.3) is 0 Å². The van der Waals surface area contributed by atoms with Gasteiger partial charge in [-0.15, -0.1) is 0 Å². The van der Waals surface area contributed by atoms with Crippen molar-refractivity contribution in [1.29, 1.82) is 0 Å². The van der Waals surface area contributed by atoms with Gasteiger partial charge in [0.25, 0.3) is 0 Å². The molecule has 234 valence electrons. The van der Waals surface area contributed by atoms with Gasteiger partial charge in [-0.3, -0.25) is 0 Å². The first-order valence-corrected chi connectivity index (χ1v) is 13.4. The molecule has 0 aliphatic heterocycles. The first-order valence-electron chi connectivity index (χ1n) is 13.4. The predicted molar refractivity (Wildman–Crippen MR) is 158 cm³/mol. The highest BCUT2D eigenvalue weighted by molar-refractivity contribution is 5.50. The highest BCUT2D eigenvalue weighted by Gasteiger charge is 2.09. The van der Waals surface area contributed by atoms with E-state index in [0.29, 0.717) is 33.4 Å². The molecular weight excluding hydrogens is 598 g/mol. The summed E-state index contributed by atoms with van der Waals surface area (Å²) in [7, 11) is 0. The second-order valence-electron chi connectivity index (χ2n) is 9.70. The summed E-state index contributed by atoms with van der Waals surface area (Å²) in [5, 5.41) is 9.23. The van der Waals surface area contributed by atoms with Crippen molar-refractivity contribution >= 4 is 0 Å². The van der Waals surface area contributed by atoms with E-state index < -0.39 is 30.6 Å². The van der Waals surface area contributed by atoms with E-state index >= 15 is 0 Å². The van der Waals surface area contributed by atoms with Crippen LogP contribution in [0.4, 0.5) is 26.3 Å². The number of alkyl halides is 4. The molecule has 4 rings (SSSR count). The second-order valence-corrected chi connectivity index (χ2v) is 9.70. The fourth-order valence-corrected chi connectivity index (χ4v) is 3.72. The molecule has 45 heavy (non-hydrogen) atoms. The standard InChI is InChI=1S/C19H17F3O2.C16H11F3O2/c1-12(2)23-18-11-15(6-8-16(18)20)5-4-14-7-9-17(13(3)10-14)24-19(21)22;1-10-8-11(5-7-15(10)21-16(18)19)2-3-12-4-6-13(17)14(20)9-12/h6-12,19H,1-3H3;4-9,16,20H,1H3. The van der Waals surface area contributed by atoms with Crippen molar-refractivity contribution in [3.63, 3.8) is 0 Å². The first kappa shape index (κ1) is 34.3. The minimum absolute atomic E-state index is 0.0926. The molecule has 0 heterocycles. The van der Waals surface area contributed by atoms with Crippen LogP contribution in [-0.4, -0.2) is 24.4 Å². The largest absolute Gasteiger partial charge is 0.505 e. The van der Waals surface area contributed by atoms with Crippen molar-refractivity contribution in [1.82, 2.24) is 0 Å². The smallest absolute Gasteiger partial charge is 0.387 e. The summed E-state index contributed by atoms with van der Waals surface area (Å²) < 4.78 is 89.4. The molecule has 0 aliphatic rings. The number of ether oxygens (including phenoxy) is 3. The molecule has 4 aromatic rings. The number of rotatable bonds is 6. The third kappa shape index (κ3) is 11.1. The van der Waals surface area contributed by atoms with Crippen LogP contribution in [0.2, 0.25) is 0 Å². The predicted octanol–water partition coefficient (Wildman–Crippen LogP) is 8.76. The van der Waals surface area contributed by atoms with Crippen LogP contribution in [0.15, 0.2) is 72.8 Å². The van der Waals surface area contributed by atoms with Crippen LogP contribution in [0.5, 0.6) is 23.0 Å². The highest BCUT2D eigenvalue weighted by Crippen LogP contribution is 2.23. The quantitative estimate of drug-likeness (QED) is 0.172. The van der Waals surface area contributed by atoms with Gasteiger partial charge >= 0.3 is 13.2 Å². The minimum atomic E-state index is -2.87. The molecule has 0 aromatic heterocycles. The second kappa shape index (κ2) is 16.0. The lowest BCUT2D eigenvalue weighted by molar-refractivity contribution is -0.0509. The molecule has 0 radical (unpaired) electrons. The fourth-order valence-electron chi connectivity index (χ4n) is 3.72. The maximum Gasteiger partial charge on any atom is 0.387 e. The van der Waals surface area contributed by atoms with Crippen molar-refractivity contribution in [2.24, 2.45) is 0 Å². The molecular formula is C35H28F6O4. The minimum Gasteiger partial charge on any atom is -0.505 e. The lowest BCUT2D eigenvalue weighted by atomic mass is 10.1. The molecule has 4 aromatic carbocycles. The van der Waals surface area contributed by atoms with Gasteiger partial charge in [-0.2, -0.15) is 17.6 Å². The molecule has 0 saturated carbocycles. The van der Waals surface area contributed by atoms with Gasteiger partial charge in [0.1, 0.15) is 11.5 Å². The lowest BCUT2D eigenvalue weighted by Crippen LogP contribution is -2.07. The fraction of sp³-hybridized carbons (Fsp3) is 0.200. The van der Waals surface area contributed by atoms with E-state index in [9.17, 15) is 31.4 Å². The van der Waals surface area contributed by atoms with Gasteiger partial charge in [0.05, 0.1) is 6.10 Å². The van der Waals surface area contributed by atoms with E-state index in [2.05, 4.69) is 33.2 Å². The number of phenolic OH excluding ortho intramolecular Hbond substituents is 1. The summed E-state index contributed by atoms with van der Waals surface area (Å²) >= 11 is 0. The average Bonchev–Trinajstić information content (AvgIpc) is 2.96. The number of aromatic hydroxyl groups is 1. The van der Waals surface area contributed by atoms with Crippen LogP contribution in [0.3, 0.4) is 0 Å². The van der Waals surface area contributed by atoms with Crippen LogP contribution in [-0.2, 0) is 0 Å². The van der Waals surface area contributed by atoms with Gasteiger partial charge in [0.15, 0.2) is 23.1 Å². The third-order valence-electron chi connectivity index (χ3n) is 5.72. The molecule has 1 N–H and O–H groups in total. The molecule has 10 heteroatoms. The van der Waals surface area contributed by atoms with Crippen molar-refractivity contribution in [3.05, 3.63) is 118 Å². The summed E-state index contributed by atoms with van der Waals surface area (Å²) in [6.45, 7) is 1.18. The molecule has 0 fully saturated rings. The third-order valence-corrected chi connectivity index (χ3v) is 5.72. The molecule has 4 nitrogen and oxygen atoms in total. The monoisotopic (exact) mass is 626 g/mol. The molecule has 0 atom stereocenters. The lowest BCUT2D eigenvalue weighted by Gasteiger charge is -2.10. The van der Waals surface area contributed by atoms with E-state index in [1.807, 2.05) is 13.8 Å². The van der Waals surface area contributed by atoms with E-state index in [4.69, 9.17) is 4.74 Å². The maximum atomic E-state index is 13.6. The average molecular weight is 627 g/mol. The molecule has 0 unspecified atom stereocenters. The van der Waals surface area contributed by atoms with E-state index in [-0.39, 0.29) is 23.4 Å². The molecule has 0 amide bonds. The summed E-state index contributed by atoms with van der Waals surface area (Å²) in [5.41, 5.74) is 3.37. The van der Waals surface area contributed by atoms with Crippen LogP contribution in [0.1, 0.15) is 47.2 Å². The highest BCUT2D eigenvalue weighted by atomic mass is 19.3. The van der Waals surface area contributed by atoms with Crippen molar-refractivity contribution in [3.8, 4) is 46.7 Å². The Morgan fingerprint density at radius 3 is 1.33 bits per heavy atom. The number of hydrogen-bond donors (Lipinski definition) is 1. The molecule has 0 bridgehead atoms. The zero-order valence-electron chi connectivity index (χ0n) is 24.6. The van der Waals surface area contributed by atoms with Gasteiger partial charge in [0, 0.05) is 22.3 Å². The van der Waals surface area contributed by atoms with Gasteiger partial charge in [-0.25, -0.2) is 8.78 Å². The number of phenols is 1. The number of halogens is 6. The molecule has 0 aliphatic carbocycles. The summed E-state index contributed by atoms with van der Waals surface area (Å²) in [5.74, 6) is 10.1. The van der Waals surface area contributed by atoms with E-state index in [1.54, 1.807) is 44.2 Å². The van der Waals surface area contributed by atoms with Crippen molar-refractivity contribution in [2.75, 3.05) is 0 Å². The van der Waals surface area contributed by atoms with Gasteiger partial charge in [0.2, 0.25) is 0 Å². The Morgan fingerprint density at radius 2 is 0.933 bits per heavy atom. The number of hydrogen-bond acceptors (Lipinski definition) is 4. The first-order chi connectivity index (χ1) is 21.3. The van der Waals surface area contributed by atoms with Crippen molar-refractivity contribution < 1.29 is 45.7 Å². The summed E-state index contributed by atoms with van der Waals surface area (Å²) in [4.78, 5) is 0. The zero-order chi connectivity index (χ0) is 33.1. The van der Waals surface area contributed by atoms with Crippen molar-refractivity contribution in [2.45, 2.75) is 47.0 Å². The Morgan fingerprint density at radius 1 is 0.533 bits per heavy atom. The van der Waals surface area contributed by atoms with Crippen LogP contribution in [0, 0.1) is 49.2 Å². The number of aryl methyl sites for hydroxylation is 2. The summed E-state index contributed by atoms with van der Waals surface area (Å²) in [6.07, 6.45) is -0.146. The Hall–Kier alpha value is -5.22. The summed E-state index contributed by atoms with van der Waals surface area (Å²) in [6, 6.07) is 17.4. The normalized spacial score (nSPS) is 10.3. The number of benzene rings is 4. The Kier molecular flexibility index (Phi) is 12.2. The van der Waals surface area contributed by atoms with E-state index in [1.165, 1.54) is 36.4 Å². The Balaban J connectivity index is 0.000000248. The molecule has 0 spiro atoms. The van der Waals surface area contributed by atoms with Gasteiger partial charge in [-0.05, 0) is 112 Å². The van der Waals surface area contributed by atoms with Crippen LogP contribution < -0.4 is 14.2 Å². The Labute approximate surface area is 257 Å². The maximum absolute atomic E-state index is 13.6. The molecule has 0 saturated heterocycles. The van der Waals surface area contributed by atoms with Gasteiger partial charge in [-0.1, -0.05) is 23.7 Å². The van der Waals surface area contributed by atoms with Crippen LogP contribution >= 0.6 is 0 Å². The van der Waals surface area contributed by atoms with Gasteiger partial charge < -0.3 is 19.3 Å². The SMILES string of the molecule is Cc1cc(C#Cc2ccc(F)c(O)c2)ccc1OC(F)F.Cc1cc(C#Cc2ccc(F)c(OC(C)C)c2)ccc1OC(F)F.